The molecule has 0 unspecified atom stereocenters. The van der Waals surface area contributed by atoms with Crippen molar-refractivity contribution in [3.05, 3.63) is 54.1 Å². The second kappa shape index (κ2) is 5.66. The summed E-state index contributed by atoms with van der Waals surface area (Å²) in [5, 5.41) is 4.13. The molecule has 0 fully saturated rings. The number of hydrogen-bond donors (Lipinski definition) is 1. The van der Waals surface area contributed by atoms with Gasteiger partial charge in [-0.05, 0) is 30.9 Å². The van der Waals surface area contributed by atoms with Crippen LogP contribution >= 0.6 is 11.8 Å². The van der Waals surface area contributed by atoms with Crippen LogP contribution in [0.2, 0.25) is 0 Å². The lowest BCUT2D eigenvalue weighted by molar-refractivity contribution is 0.439. The van der Waals surface area contributed by atoms with Crippen LogP contribution in [0.1, 0.15) is 5.56 Å². The van der Waals surface area contributed by atoms with Crippen molar-refractivity contribution in [2.24, 2.45) is 0 Å². The summed E-state index contributed by atoms with van der Waals surface area (Å²) in [6, 6.07) is 16.4. The van der Waals surface area contributed by atoms with Crippen molar-refractivity contribution in [3.63, 3.8) is 0 Å². The molecule has 106 valence electrons. The molecule has 0 saturated carbocycles. The molecule has 0 aliphatic carbocycles. The Bertz CT molecular complexity index is 745. The van der Waals surface area contributed by atoms with Gasteiger partial charge in [0.25, 0.3) is 0 Å². The molecule has 1 heterocycles. The van der Waals surface area contributed by atoms with Gasteiger partial charge in [-0.15, -0.1) is 11.8 Å². The normalized spacial score (nSPS) is 10.8. The Morgan fingerprint density at radius 2 is 1.57 bits per heavy atom. The first-order chi connectivity index (χ1) is 10.2. The van der Waals surface area contributed by atoms with E-state index in [1.165, 1.54) is 10.5 Å². The number of thioether (sulfide) groups is 1. The molecule has 0 aliphatic heterocycles. The van der Waals surface area contributed by atoms with E-state index >= 15 is 0 Å². The summed E-state index contributed by atoms with van der Waals surface area (Å²) in [4.78, 5) is 1.21. The van der Waals surface area contributed by atoms with Gasteiger partial charge in [-0.2, -0.15) is 0 Å². The number of aryl methyl sites for hydroxylation is 1. The molecular weight excluding hydrogens is 280 g/mol. The molecule has 3 nitrogen and oxygen atoms in total. The molecule has 2 aromatic carbocycles. The van der Waals surface area contributed by atoms with Gasteiger partial charge in [-0.25, -0.2) is 0 Å². The SMILES string of the molecule is CSc1ccc(-c2noc(N)c2-c2ccc(C)cc2)cc1. The van der Waals surface area contributed by atoms with Gasteiger partial charge in [0, 0.05) is 10.5 Å². The van der Waals surface area contributed by atoms with Crippen LogP contribution in [0.5, 0.6) is 0 Å². The minimum absolute atomic E-state index is 0.350. The van der Waals surface area contributed by atoms with Crippen LogP contribution in [0.3, 0.4) is 0 Å². The lowest BCUT2D eigenvalue weighted by Gasteiger charge is -2.04. The Hall–Kier alpha value is -2.20. The van der Waals surface area contributed by atoms with E-state index < -0.39 is 0 Å². The van der Waals surface area contributed by atoms with Crippen molar-refractivity contribution < 1.29 is 4.52 Å². The summed E-state index contributed by atoms with van der Waals surface area (Å²) in [7, 11) is 0. The predicted octanol–water partition coefficient (Wildman–Crippen LogP) is 4.62. The molecule has 0 spiro atoms. The van der Waals surface area contributed by atoms with Crippen molar-refractivity contribution in [1.82, 2.24) is 5.16 Å². The molecule has 2 N–H and O–H groups in total. The molecule has 0 bridgehead atoms. The third-order valence-corrected chi connectivity index (χ3v) is 4.17. The Morgan fingerprint density at radius 1 is 0.952 bits per heavy atom. The zero-order valence-electron chi connectivity index (χ0n) is 12.0. The number of nitrogens with two attached hydrogens (primary N) is 1. The van der Waals surface area contributed by atoms with Gasteiger partial charge in [-0.3, -0.25) is 0 Å². The Morgan fingerprint density at radius 3 is 2.19 bits per heavy atom. The van der Waals surface area contributed by atoms with Crippen molar-refractivity contribution >= 4 is 17.6 Å². The molecule has 3 aromatic rings. The summed E-state index contributed by atoms with van der Waals surface area (Å²) in [6.07, 6.45) is 2.06. The predicted molar refractivity (Wildman–Crippen MR) is 88.3 cm³/mol. The standard InChI is InChI=1S/C17H16N2OS/c1-11-3-5-12(6-4-11)15-16(19-20-17(15)18)13-7-9-14(21-2)10-8-13/h3-10H,18H2,1-2H3. The van der Waals surface area contributed by atoms with Crippen molar-refractivity contribution in [2.45, 2.75) is 11.8 Å². The van der Waals surface area contributed by atoms with Crippen LogP contribution in [0.15, 0.2) is 57.9 Å². The number of nitrogen functional groups attached to an aromatic ring is 1. The number of nitrogens with zero attached hydrogens (tertiary/aromatic N) is 1. The summed E-state index contributed by atoms with van der Waals surface area (Å²) < 4.78 is 5.21. The van der Waals surface area contributed by atoms with Crippen LogP contribution in [0.4, 0.5) is 5.88 Å². The lowest BCUT2D eigenvalue weighted by atomic mass is 10.0. The minimum atomic E-state index is 0.350. The van der Waals surface area contributed by atoms with E-state index in [1.54, 1.807) is 11.8 Å². The smallest absolute Gasteiger partial charge is 0.230 e. The first-order valence-electron chi connectivity index (χ1n) is 6.65. The number of rotatable bonds is 3. The molecule has 0 saturated heterocycles. The molecule has 3 rings (SSSR count). The second-order valence-electron chi connectivity index (χ2n) is 4.86. The molecular formula is C17H16N2OS. The lowest BCUT2D eigenvalue weighted by Crippen LogP contribution is -1.88. The quantitative estimate of drug-likeness (QED) is 0.716. The third kappa shape index (κ3) is 2.67. The summed E-state index contributed by atoms with van der Waals surface area (Å²) in [5.41, 5.74) is 10.8. The monoisotopic (exact) mass is 296 g/mol. The van der Waals surface area contributed by atoms with Gasteiger partial charge in [0.2, 0.25) is 5.88 Å². The van der Waals surface area contributed by atoms with Gasteiger partial charge < -0.3 is 10.3 Å². The highest BCUT2D eigenvalue weighted by molar-refractivity contribution is 7.98. The summed E-state index contributed by atoms with van der Waals surface area (Å²) in [6.45, 7) is 2.06. The largest absolute Gasteiger partial charge is 0.367 e. The Balaban J connectivity index is 2.09. The highest BCUT2D eigenvalue weighted by atomic mass is 32.2. The maximum atomic E-state index is 5.97. The van der Waals surface area contributed by atoms with E-state index in [0.717, 1.165) is 22.4 Å². The first-order valence-corrected chi connectivity index (χ1v) is 7.88. The van der Waals surface area contributed by atoms with E-state index in [0.29, 0.717) is 5.88 Å². The number of hydrogen-bond acceptors (Lipinski definition) is 4. The van der Waals surface area contributed by atoms with Crippen LogP contribution in [-0.2, 0) is 0 Å². The fraction of sp³-hybridized carbons (Fsp3) is 0.118. The minimum Gasteiger partial charge on any atom is -0.367 e. The average Bonchev–Trinajstić information content (AvgIpc) is 2.90. The van der Waals surface area contributed by atoms with E-state index in [9.17, 15) is 0 Å². The van der Waals surface area contributed by atoms with E-state index in [4.69, 9.17) is 10.3 Å². The van der Waals surface area contributed by atoms with E-state index in [-0.39, 0.29) is 0 Å². The van der Waals surface area contributed by atoms with Gasteiger partial charge in [0.1, 0.15) is 5.69 Å². The van der Waals surface area contributed by atoms with Gasteiger partial charge in [-0.1, -0.05) is 47.1 Å². The zero-order valence-corrected chi connectivity index (χ0v) is 12.8. The highest BCUT2D eigenvalue weighted by Crippen LogP contribution is 2.36. The summed E-state index contributed by atoms with van der Waals surface area (Å²) in [5.74, 6) is 0.350. The second-order valence-corrected chi connectivity index (χ2v) is 5.74. The molecule has 1 aromatic heterocycles. The molecule has 4 heteroatoms. The molecule has 0 radical (unpaired) electrons. The molecule has 21 heavy (non-hydrogen) atoms. The first kappa shape index (κ1) is 13.8. The maximum absolute atomic E-state index is 5.97. The third-order valence-electron chi connectivity index (χ3n) is 3.42. The summed E-state index contributed by atoms with van der Waals surface area (Å²) >= 11 is 1.71. The van der Waals surface area contributed by atoms with Crippen LogP contribution in [0, 0.1) is 6.92 Å². The van der Waals surface area contributed by atoms with Crippen LogP contribution in [-0.4, -0.2) is 11.4 Å². The van der Waals surface area contributed by atoms with Crippen LogP contribution < -0.4 is 5.73 Å². The van der Waals surface area contributed by atoms with Crippen molar-refractivity contribution in [2.75, 3.05) is 12.0 Å². The van der Waals surface area contributed by atoms with Gasteiger partial charge >= 0.3 is 0 Å². The van der Waals surface area contributed by atoms with Crippen molar-refractivity contribution in [1.29, 1.82) is 0 Å². The van der Waals surface area contributed by atoms with Crippen LogP contribution in [0.25, 0.3) is 22.4 Å². The Labute approximate surface area is 128 Å². The number of benzene rings is 2. The van der Waals surface area contributed by atoms with Gasteiger partial charge in [0.05, 0.1) is 5.56 Å². The number of anilines is 1. The van der Waals surface area contributed by atoms with E-state index in [1.807, 2.05) is 24.3 Å². The maximum Gasteiger partial charge on any atom is 0.230 e. The molecule has 0 aliphatic rings. The fourth-order valence-corrected chi connectivity index (χ4v) is 2.66. The average molecular weight is 296 g/mol. The Kier molecular flexibility index (Phi) is 3.71. The van der Waals surface area contributed by atoms with Gasteiger partial charge in [0.15, 0.2) is 0 Å². The molecule has 0 atom stereocenters. The highest BCUT2D eigenvalue weighted by Gasteiger charge is 2.17. The topological polar surface area (TPSA) is 52.0 Å². The molecule has 0 amide bonds. The van der Waals surface area contributed by atoms with E-state index in [2.05, 4.69) is 42.6 Å². The number of aromatic nitrogens is 1. The van der Waals surface area contributed by atoms with Crippen molar-refractivity contribution in [3.8, 4) is 22.4 Å². The fourth-order valence-electron chi connectivity index (χ4n) is 2.25. The zero-order chi connectivity index (χ0) is 14.8.